The molecule has 0 unspecified atom stereocenters. The fraction of sp³-hybridized carbons (Fsp3) is 0.500. The lowest BCUT2D eigenvalue weighted by Crippen LogP contribution is -2.50. The zero-order valence-electron chi connectivity index (χ0n) is 22.9. The maximum absolute atomic E-state index is 13.5. The van der Waals surface area contributed by atoms with E-state index < -0.39 is 16.1 Å². The standard InChI is InChI=1S/C28H40ClN3O5S/c1-6-21(4)30-28(34)24(7-2)31(20-22-15-17-23(29)18-16-22)27(33)14-11-19-32(38(5,35)36)25-12-9-10-13-26(25)37-8-3/h9-10,12-13,15-18,21,24H,6-8,11,14,19-20H2,1-5H3,(H,30,34)/t21-,24+/m0/s1. The molecular weight excluding hydrogens is 526 g/mol. The van der Waals surface area contributed by atoms with Gasteiger partial charge in [0.2, 0.25) is 21.8 Å². The molecule has 38 heavy (non-hydrogen) atoms. The Balaban J connectivity index is 2.25. The van der Waals surface area contributed by atoms with E-state index in [4.69, 9.17) is 16.3 Å². The van der Waals surface area contributed by atoms with Crippen molar-refractivity contribution < 1.29 is 22.7 Å². The molecule has 2 rings (SSSR count). The van der Waals surface area contributed by atoms with Crippen molar-refractivity contribution in [2.45, 2.75) is 72.0 Å². The lowest BCUT2D eigenvalue weighted by atomic mass is 10.1. The maximum atomic E-state index is 13.5. The summed E-state index contributed by atoms with van der Waals surface area (Å²) in [4.78, 5) is 28.2. The molecule has 0 saturated carbocycles. The number of nitrogens with zero attached hydrogens (tertiary/aromatic N) is 2. The van der Waals surface area contributed by atoms with Gasteiger partial charge in [-0.05, 0) is 62.9 Å². The summed E-state index contributed by atoms with van der Waals surface area (Å²) in [6.07, 6.45) is 2.70. The van der Waals surface area contributed by atoms with Crippen molar-refractivity contribution >= 4 is 39.1 Å². The van der Waals surface area contributed by atoms with E-state index in [1.807, 2.05) is 39.8 Å². The number of rotatable bonds is 15. The van der Waals surface area contributed by atoms with Crippen LogP contribution in [0.15, 0.2) is 48.5 Å². The van der Waals surface area contributed by atoms with E-state index >= 15 is 0 Å². The molecule has 10 heteroatoms. The van der Waals surface area contributed by atoms with Gasteiger partial charge in [0.05, 0.1) is 18.6 Å². The van der Waals surface area contributed by atoms with Gasteiger partial charge in [0.1, 0.15) is 11.8 Å². The van der Waals surface area contributed by atoms with Gasteiger partial charge in [0, 0.05) is 30.6 Å². The summed E-state index contributed by atoms with van der Waals surface area (Å²) in [5.74, 6) is 0.0362. The lowest BCUT2D eigenvalue weighted by Gasteiger charge is -2.32. The highest BCUT2D eigenvalue weighted by molar-refractivity contribution is 7.92. The molecule has 0 radical (unpaired) electrons. The minimum absolute atomic E-state index is 0.0160. The van der Waals surface area contributed by atoms with Crippen molar-refractivity contribution in [1.29, 1.82) is 0 Å². The predicted molar refractivity (Wildman–Crippen MR) is 153 cm³/mol. The van der Waals surface area contributed by atoms with Crippen molar-refractivity contribution in [1.82, 2.24) is 10.2 Å². The first kappa shape index (κ1) is 31.4. The second-order valence-electron chi connectivity index (χ2n) is 9.23. The average Bonchev–Trinajstić information content (AvgIpc) is 2.87. The van der Waals surface area contributed by atoms with Crippen LogP contribution in [0.2, 0.25) is 5.02 Å². The summed E-state index contributed by atoms with van der Waals surface area (Å²) in [6.45, 7) is 8.35. The van der Waals surface area contributed by atoms with Crippen LogP contribution in [0.25, 0.3) is 0 Å². The third kappa shape index (κ3) is 9.20. The normalized spacial score (nSPS) is 12.9. The summed E-state index contributed by atoms with van der Waals surface area (Å²) in [5.41, 5.74) is 1.28. The Bertz CT molecular complexity index is 1160. The van der Waals surface area contributed by atoms with Crippen LogP contribution in [-0.4, -0.2) is 56.6 Å². The summed E-state index contributed by atoms with van der Waals surface area (Å²) in [5, 5.41) is 3.57. The smallest absolute Gasteiger partial charge is 0.243 e. The third-order valence-corrected chi connectivity index (χ3v) is 7.67. The molecular formula is C28H40ClN3O5S. The number of nitrogens with one attached hydrogen (secondary N) is 1. The molecule has 0 aromatic heterocycles. The third-order valence-electron chi connectivity index (χ3n) is 6.24. The van der Waals surface area contributed by atoms with E-state index in [1.165, 1.54) is 4.31 Å². The quantitative estimate of drug-likeness (QED) is 0.327. The van der Waals surface area contributed by atoms with Crippen LogP contribution in [-0.2, 0) is 26.2 Å². The Morgan fingerprint density at radius 1 is 1.03 bits per heavy atom. The number of benzene rings is 2. The molecule has 2 aromatic carbocycles. The van der Waals surface area contributed by atoms with Crippen LogP contribution in [0.1, 0.15) is 58.9 Å². The number of para-hydroxylation sites is 2. The first-order chi connectivity index (χ1) is 18.0. The largest absolute Gasteiger partial charge is 0.492 e. The molecule has 2 amide bonds. The molecule has 0 aliphatic heterocycles. The maximum Gasteiger partial charge on any atom is 0.243 e. The van der Waals surface area contributed by atoms with Crippen molar-refractivity contribution in [3.05, 3.63) is 59.1 Å². The van der Waals surface area contributed by atoms with E-state index in [2.05, 4.69) is 5.32 Å². The van der Waals surface area contributed by atoms with Crippen LogP contribution in [0.3, 0.4) is 0 Å². The minimum Gasteiger partial charge on any atom is -0.492 e. The van der Waals surface area contributed by atoms with Gasteiger partial charge in [-0.2, -0.15) is 0 Å². The highest BCUT2D eigenvalue weighted by Crippen LogP contribution is 2.30. The first-order valence-corrected chi connectivity index (χ1v) is 15.3. The average molecular weight is 566 g/mol. The fourth-order valence-electron chi connectivity index (χ4n) is 4.07. The minimum atomic E-state index is -3.63. The van der Waals surface area contributed by atoms with E-state index in [-0.39, 0.29) is 43.8 Å². The first-order valence-electron chi connectivity index (χ1n) is 13.1. The van der Waals surface area contributed by atoms with Gasteiger partial charge >= 0.3 is 0 Å². The Labute approximate surface area is 232 Å². The zero-order chi connectivity index (χ0) is 28.3. The molecule has 0 spiro atoms. The van der Waals surface area contributed by atoms with Gasteiger partial charge in [0.25, 0.3) is 0 Å². The number of halogens is 1. The number of ether oxygens (including phenoxy) is 1. The van der Waals surface area contributed by atoms with Crippen LogP contribution in [0.4, 0.5) is 5.69 Å². The molecule has 0 aliphatic carbocycles. The molecule has 0 aliphatic rings. The Morgan fingerprint density at radius 3 is 2.26 bits per heavy atom. The van der Waals surface area contributed by atoms with Gasteiger partial charge in [-0.25, -0.2) is 8.42 Å². The number of carbonyl (C=O) groups excluding carboxylic acids is 2. The second-order valence-corrected chi connectivity index (χ2v) is 11.6. The van der Waals surface area contributed by atoms with Crippen LogP contribution < -0.4 is 14.4 Å². The highest BCUT2D eigenvalue weighted by Gasteiger charge is 2.29. The topological polar surface area (TPSA) is 96.0 Å². The predicted octanol–water partition coefficient (Wildman–Crippen LogP) is 5.01. The Kier molecular flexibility index (Phi) is 12.4. The molecule has 210 valence electrons. The molecule has 0 bridgehead atoms. The number of amides is 2. The fourth-order valence-corrected chi connectivity index (χ4v) is 5.17. The number of anilines is 1. The number of hydrogen-bond donors (Lipinski definition) is 1. The van der Waals surface area contributed by atoms with Crippen molar-refractivity contribution in [3.8, 4) is 5.75 Å². The van der Waals surface area contributed by atoms with Gasteiger partial charge in [-0.1, -0.05) is 49.7 Å². The zero-order valence-corrected chi connectivity index (χ0v) is 24.5. The summed E-state index contributed by atoms with van der Waals surface area (Å²) in [7, 11) is -3.63. The highest BCUT2D eigenvalue weighted by atomic mass is 35.5. The molecule has 1 N–H and O–H groups in total. The summed E-state index contributed by atoms with van der Waals surface area (Å²) < 4.78 is 32.2. The summed E-state index contributed by atoms with van der Waals surface area (Å²) >= 11 is 6.03. The Hall–Kier alpha value is -2.78. The van der Waals surface area contributed by atoms with Gasteiger partial charge < -0.3 is 15.0 Å². The summed E-state index contributed by atoms with van der Waals surface area (Å²) in [6, 6.07) is 13.4. The number of hydrogen-bond acceptors (Lipinski definition) is 5. The van der Waals surface area contributed by atoms with Crippen molar-refractivity contribution in [3.63, 3.8) is 0 Å². The lowest BCUT2D eigenvalue weighted by molar-refractivity contribution is -0.141. The molecule has 0 heterocycles. The second kappa shape index (κ2) is 15.0. The number of sulfonamides is 1. The van der Waals surface area contributed by atoms with E-state index in [9.17, 15) is 18.0 Å². The van der Waals surface area contributed by atoms with Crippen LogP contribution in [0, 0.1) is 0 Å². The van der Waals surface area contributed by atoms with E-state index in [0.717, 1.165) is 18.2 Å². The van der Waals surface area contributed by atoms with Crippen molar-refractivity contribution in [2.24, 2.45) is 0 Å². The van der Waals surface area contributed by atoms with E-state index in [0.29, 0.717) is 29.5 Å². The van der Waals surface area contributed by atoms with Gasteiger partial charge in [-0.3, -0.25) is 13.9 Å². The molecule has 8 nitrogen and oxygen atoms in total. The Morgan fingerprint density at radius 2 is 1.68 bits per heavy atom. The molecule has 2 aromatic rings. The van der Waals surface area contributed by atoms with Gasteiger partial charge in [0.15, 0.2) is 0 Å². The van der Waals surface area contributed by atoms with Crippen LogP contribution in [0.5, 0.6) is 5.75 Å². The monoisotopic (exact) mass is 565 g/mol. The van der Waals surface area contributed by atoms with Crippen LogP contribution >= 0.6 is 11.6 Å². The molecule has 0 saturated heterocycles. The molecule has 2 atom stereocenters. The SMILES string of the molecule is CCOc1ccccc1N(CCCC(=O)N(Cc1ccc(Cl)cc1)[C@H](CC)C(=O)N[C@@H](C)CC)S(C)(=O)=O. The number of carbonyl (C=O) groups is 2. The van der Waals surface area contributed by atoms with Crippen molar-refractivity contribution in [2.75, 3.05) is 23.7 Å². The van der Waals surface area contributed by atoms with Gasteiger partial charge in [-0.15, -0.1) is 0 Å². The molecule has 0 fully saturated rings. The van der Waals surface area contributed by atoms with E-state index in [1.54, 1.807) is 41.3 Å².